The number of rotatable bonds is 5. The Bertz CT molecular complexity index is 1320. The van der Waals surface area contributed by atoms with Crippen molar-refractivity contribution in [3.63, 3.8) is 0 Å². The molecule has 1 aliphatic rings. The Morgan fingerprint density at radius 2 is 1.94 bits per heavy atom. The maximum atomic E-state index is 14.4. The molecule has 0 amide bonds. The predicted octanol–water partition coefficient (Wildman–Crippen LogP) is 4.65. The van der Waals surface area contributed by atoms with E-state index in [1.54, 1.807) is 33.8 Å². The minimum absolute atomic E-state index is 0.0127. The van der Waals surface area contributed by atoms with Crippen LogP contribution in [0.4, 0.5) is 4.39 Å². The van der Waals surface area contributed by atoms with Gasteiger partial charge in [0.2, 0.25) is 10.0 Å². The van der Waals surface area contributed by atoms with E-state index in [-0.39, 0.29) is 16.5 Å². The largest absolute Gasteiger partial charge is 0.478 e. The zero-order valence-corrected chi connectivity index (χ0v) is 19.3. The molecule has 3 aromatic rings. The number of nitrogens with zero attached hydrogens (tertiary/aromatic N) is 2. The van der Waals surface area contributed by atoms with E-state index < -0.39 is 27.3 Å². The SMILES string of the molecule is Cc1cc2c(cc1F)c(C(=O)O)c(-c1ccc(S(=O)(=O)NC(C)(C)C)cn1)n2C1CCC1. The summed E-state index contributed by atoms with van der Waals surface area (Å²) in [6, 6.07) is 5.94. The number of pyridine rings is 1. The van der Waals surface area contributed by atoms with Crippen LogP contribution in [0, 0.1) is 12.7 Å². The molecule has 170 valence electrons. The van der Waals surface area contributed by atoms with Crippen molar-refractivity contribution in [3.8, 4) is 11.4 Å². The Labute approximate surface area is 186 Å². The van der Waals surface area contributed by atoms with Gasteiger partial charge in [0.05, 0.1) is 22.5 Å². The molecule has 0 saturated heterocycles. The second-order valence-corrected chi connectivity index (χ2v) is 11.0. The quantitative estimate of drug-likeness (QED) is 0.578. The van der Waals surface area contributed by atoms with Crippen LogP contribution < -0.4 is 4.72 Å². The van der Waals surface area contributed by atoms with Crippen molar-refractivity contribution in [2.45, 2.75) is 63.4 Å². The van der Waals surface area contributed by atoms with Gasteiger partial charge in [-0.15, -0.1) is 0 Å². The summed E-state index contributed by atoms with van der Waals surface area (Å²) >= 11 is 0. The molecule has 2 aromatic heterocycles. The Hall–Kier alpha value is -2.78. The number of fused-ring (bicyclic) bond motifs is 1. The molecule has 9 heteroatoms. The highest BCUT2D eigenvalue weighted by Crippen LogP contribution is 2.43. The molecule has 0 unspecified atom stereocenters. The number of carboxylic acids is 1. The van der Waals surface area contributed by atoms with Crippen molar-refractivity contribution in [2.24, 2.45) is 0 Å². The van der Waals surface area contributed by atoms with Crippen LogP contribution in [0.2, 0.25) is 0 Å². The van der Waals surface area contributed by atoms with E-state index in [0.717, 1.165) is 19.3 Å². The zero-order valence-electron chi connectivity index (χ0n) is 18.4. The smallest absolute Gasteiger partial charge is 0.338 e. The van der Waals surface area contributed by atoms with Gasteiger partial charge in [0.1, 0.15) is 10.7 Å². The monoisotopic (exact) mass is 459 g/mol. The summed E-state index contributed by atoms with van der Waals surface area (Å²) in [5.41, 5.74) is 1.09. The van der Waals surface area contributed by atoms with E-state index in [1.165, 1.54) is 24.4 Å². The summed E-state index contributed by atoms with van der Waals surface area (Å²) < 4.78 is 44.1. The van der Waals surface area contributed by atoms with Crippen molar-refractivity contribution >= 4 is 26.9 Å². The summed E-state index contributed by atoms with van der Waals surface area (Å²) in [6.45, 7) is 6.87. The molecule has 2 N–H and O–H groups in total. The highest BCUT2D eigenvalue weighted by molar-refractivity contribution is 7.89. The van der Waals surface area contributed by atoms with Gasteiger partial charge in [-0.05, 0) is 76.8 Å². The maximum Gasteiger partial charge on any atom is 0.338 e. The first-order valence-electron chi connectivity index (χ1n) is 10.5. The van der Waals surface area contributed by atoms with Crippen LogP contribution in [0.3, 0.4) is 0 Å². The van der Waals surface area contributed by atoms with Crippen LogP contribution in [-0.4, -0.2) is 34.6 Å². The fourth-order valence-electron chi connectivity index (χ4n) is 4.07. The fourth-order valence-corrected chi connectivity index (χ4v) is 5.43. The molecule has 2 heterocycles. The van der Waals surface area contributed by atoms with Gasteiger partial charge in [0.25, 0.3) is 0 Å². The molecule has 0 bridgehead atoms. The lowest BCUT2D eigenvalue weighted by molar-refractivity contribution is 0.0699. The predicted molar refractivity (Wildman–Crippen MR) is 120 cm³/mol. The lowest BCUT2D eigenvalue weighted by Crippen LogP contribution is -2.40. The number of carboxylic acid groups (broad SMARTS) is 1. The molecular formula is C23H26FN3O4S. The standard InChI is InChI=1S/C23H26FN3O4S/c1-13-10-19-16(11-17(13)24)20(22(28)29)21(27(19)14-6-5-7-14)18-9-8-15(12-25-18)32(30,31)26-23(2,3)4/h8-12,14,26H,5-7H2,1-4H3,(H,28,29). The van der Waals surface area contributed by atoms with Crippen LogP contribution in [0.25, 0.3) is 22.3 Å². The van der Waals surface area contributed by atoms with Crippen LogP contribution in [0.1, 0.15) is 62.0 Å². The van der Waals surface area contributed by atoms with Gasteiger partial charge in [-0.2, -0.15) is 0 Å². The minimum Gasteiger partial charge on any atom is -0.478 e. The molecule has 0 radical (unpaired) electrons. The Balaban J connectivity index is 1.92. The van der Waals surface area contributed by atoms with E-state index in [1.807, 2.05) is 4.57 Å². The molecule has 0 spiro atoms. The Morgan fingerprint density at radius 1 is 1.25 bits per heavy atom. The van der Waals surface area contributed by atoms with Gasteiger partial charge in [-0.3, -0.25) is 4.98 Å². The third-order valence-electron chi connectivity index (χ3n) is 5.67. The van der Waals surface area contributed by atoms with Crippen molar-refractivity contribution < 1.29 is 22.7 Å². The zero-order chi connectivity index (χ0) is 23.4. The molecule has 1 aromatic carbocycles. The van der Waals surface area contributed by atoms with Gasteiger partial charge in [-0.1, -0.05) is 0 Å². The molecule has 7 nitrogen and oxygen atoms in total. The summed E-state index contributed by atoms with van der Waals surface area (Å²) in [5, 5.41) is 10.3. The number of aromatic nitrogens is 2. The summed E-state index contributed by atoms with van der Waals surface area (Å²) in [6.07, 6.45) is 4.02. The average molecular weight is 460 g/mol. The van der Waals surface area contributed by atoms with Crippen LogP contribution >= 0.6 is 0 Å². The Morgan fingerprint density at radius 3 is 2.44 bits per heavy atom. The highest BCUT2D eigenvalue weighted by Gasteiger charge is 2.31. The number of hydrogen-bond donors (Lipinski definition) is 2. The van der Waals surface area contributed by atoms with Gasteiger partial charge >= 0.3 is 5.97 Å². The van der Waals surface area contributed by atoms with E-state index in [4.69, 9.17) is 0 Å². The first-order chi connectivity index (χ1) is 14.9. The third kappa shape index (κ3) is 3.91. The van der Waals surface area contributed by atoms with Crippen molar-refractivity contribution in [1.29, 1.82) is 0 Å². The van der Waals surface area contributed by atoms with Gasteiger partial charge in [-0.25, -0.2) is 22.3 Å². The van der Waals surface area contributed by atoms with E-state index in [2.05, 4.69) is 9.71 Å². The maximum absolute atomic E-state index is 14.4. The number of halogens is 1. The van der Waals surface area contributed by atoms with E-state index >= 15 is 0 Å². The van der Waals surface area contributed by atoms with Crippen molar-refractivity contribution in [3.05, 3.63) is 47.4 Å². The Kier molecular flexibility index (Phi) is 5.37. The van der Waals surface area contributed by atoms with Gasteiger partial charge in [0, 0.05) is 23.2 Å². The normalized spacial score (nSPS) is 15.2. The first-order valence-corrected chi connectivity index (χ1v) is 11.9. The highest BCUT2D eigenvalue weighted by atomic mass is 32.2. The average Bonchev–Trinajstić information content (AvgIpc) is 2.93. The molecule has 1 aliphatic carbocycles. The lowest BCUT2D eigenvalue weighted by atomic mass is 9.92. The minimum atomic E-state index is -3.78. The van der Waals surface area contributed by atoms with Crippen LogP contribution in [-0.2, 0) is 10.0 Å². The summed E-state index contributed by atoms with van der Waals surface area (Å²) in [4.78, 5) is 16.6. The molecule has 32 heavy (non-hydrogen) atoms. The van der Waals surface area contributed by atoms with E-state index in [9.17, 15) is 22.7 Å². The molecule has 1 fully saturated rings. The molecule has 4 rings (SSSR count). The first kappa shape index (κ1) is 22.4. The van der Waals surface area contributed by atoms with Crippen molar-refractivity contribution in [2.75, 3.05) is 0 Å². The molecular weight excluding hydrogens is 433 g/mol. The van der Waals surface area contributed by atoms with Crippen LogP contribution in [0.15, 0.2) is 35.4 Å². The summed E-state index contributed by atoms with van der Waals surface area (Å²) in [5.74, 6) is -1.65. The van der Waals surface area contributed by atoms with Gasteiger partial charge in [0.15, 0.2) is 0 Å². The number of nitrogens with one attached hydrogen (secondary N) is 1. The molecule has 0 atom stereocenters. The number of sulfonamides is 1. The molecule has 1 saturated carbocycles. The van der Waals surface area contributed by atoms with E-state index in [0.29, 0.717) is 27.9 Å². The lowest BCUT2D eigenvalue weighted by Gasteiger charge is -2.30. The van der Waals surface area contributed by atoms with Crippen molar-refractivity contribution in [1.82, 2.24) is 14.3 Å². The second-order valence-electron chi connectivity index (χ2n) is 9.34. The second kappa shape index (κ2) is 7.67. The third-order valence-corrected chi connectivity index (χ3v) is 7.41. The number of carbonyl (C=O) groups is 1. The topological polar surface area (TPSA) is 101 Å². The molecule has 0 aliphatic heterocycles. The summed E-state index contributed by atoms with van der Waals surface area (Å²) in [7, 11) is -3.78. The number of hydrogen-bond acceptors (Lipinski definition) is 4. The number of aryl methyl sites for hydroxylation is 1. The number of benzene rings is 1. The van der Waals surface area contributed by atoms with Crippen LogP contribution in [0.5, 0.6) is 0 Å². The van der Waals surface area contributed by atoms with Gasteiger partial charge < -0.3 is 9.67 Å². The fraction of sp³-hybridized carbons (Fsp3) is 0.391. The number of aromatic carboxylic acids is 1.